The molecule has 0 radical (unpaired) electrons. The van der Waals surface area contributed by atoms with Gasteiger partial charge in [-0.05, 0) is 26.1 Å². The molecule has 0 fully saturated rings. The van der Waals surface area contributed by atoms with Crippen molar-refractivity contribution in [1.82, 2.24) is 19.9 Å². The van der Waals surface area contributed by atoms with Crippen LogP contribution in [0.2, 0.25) is 0 Å². The number of nitrogens with zero attached hydrogens (tertiary/aromatic N) is 3. The number of nitrogens with one attached hydrogen (secondary N) is 1. The van der Waals surface area contributed by atoms with Gasteiger partial charge in [-0.2, -0.15) is 0 Å². The van der Waals surface area contributed by atoms with Crippen molar-refractivity contribution < 1.29 is 0 Å². The molecule has 2 heterocycles. The Labute approximate surface area is 76.6 Å². The maximum absolute atomic E-state index is 4.10. The quantitative estimate of drug-likeness (QED) is 0.734. The molecule has 2 rings (SSSR count). The minimum atomic E-state index is 0.742. The Morgan fingerprint density at radius 2 is 2.23 bits per heavy atom. The topological polar surface area (TPSA) is 42.2 Å². The van der Waals surface area contributed by atoms with Gasteiger partial charge < -0.3 is 5.32 Å². The van der Waals surface area contributed by atoms with Crippen molar-refractivity contribution in [2.45, 2.75) is 13.5 Å². The molecule has 13 heavy (non-hydrogen) atoms. The predicted molar refractivity (Wildman–Crippen MR) is 50.5 cm³/mol. The van der Waals surface area contributed by atoms with Gasteiger partial charge in [0.25, 0.3) is 0 Å². The highest BCUT2D eigenvalue weighted by Gasteiger charge is 2.04. The van der Waals surface area contributed by atoms with E-state index in [9.17, 15) is 0 Å². The van der Waals surface area contributed by atoms with Crippen LogP contribution >= 0.6 is 0 Å². The fraction of sp³-hybridized carbons (Fsp3) is 0.333. The minimum Gasteiger partial charge on any atom is -0.313 e. The predicted octanol–water partition coefficient (Wildman–Crippen LogP) is 0.757. The van der Waals surface area contributed by atoms with Gasteiger partial charge in [0.15, 0.2) is 11.5 Å². The third-order valence-electron chi connectivity index (χ3n) is 2.03. The first-order chi connectivity index (χ1) is 6.33. The van der Waals surface area contributed by atoms with Gasteiger partial charge in [-0.15, -0.1) is 10.2 Å². The van der Waals surface area contributed by atoms with Gasteiger partial charge >= 0.3 is 0 Å². The fourth-order valence-electron chi connectivity index (χ4n) is 1.44. The second kappa shape index (κ2) is 3.14. The van der Waals surface area contributed by atoms with Gasteiger partial charge in [-0.25, -0.2) is 0 Å². The van der Waals surface area contributed by atoms with E-state index in [0.717, 1.165) is 23.7 Å². The highest BCUT2D eigenvalue weighted by atomic mass is 15.3. The monoisotopic (exact) mass is 176 g/mol. The molecule has 1 N–H and O–H groups in total. The van der Waals surface area contributed by atoms with E-state index in [1.807, 2.05) is 19.2 Å². The standard InChI is InChI=1S/C9H12N4/c1-7-4-3-5-8-11-12-9(6-10-2)13(7)8/h3-5,10H,6H2,1-2H3. The third kappa shape index (κ3) is 1.29. The van der Waals surface area contributed by atoms with Crippen molar-refractivity contribution in [2.24, 2.45) is 0 Å². The zero-order valence-corrected chi connectivity index (χ0v) is 7.78. The summed E-state index contributed by atoms with van der Waals surface area (Å²) < 4.78 is 2.05. The first-order valence-corrected chi connectivity index (χ1v) is 4.27. The van der Waals surface area contributed by atoms with Gasteiger partial charge in [0.1, 0.15) is 0 Å². The maximum Gasteiger partial charge on any atom is 0.161 e. The molecule has 0 unspecified atom stereocenters. The number of hydrogen-bond donors (Lipinski definition) is 1. The molecule has 0 aliphatic rings. The van der Waals surface area contributed by atoms with E-state index in [0.29, 0.717) is 0 Å². The van der Waals surface area contributed by atoms with Crippen molar-refractivity contribution in [3.8, 4) is 0 Å². The van der Waals surface area contributed by atoms with Crippen molar-refractivity contribution in [3.05, 3.63) is 29.7 Å². The Kier molecular flexibility index (Phi) is 1.98. The van der Waals surface area contributed by atoms with E-state index in [4.69, 9.17) is 0 Å². The fourth-order valence-corrected chi connectivity index (χ4v) is 1.44. The first-order valence-electron chi connectivity index (χ1n) is 4.27. The molecule has 0 atom stereocenters. The van der Waals surface area contributed by atoms with E-state index in [-0.39, 0.29) is 0 Å². The molecule has 0 aliphatic carbocycles. The molecule has 4 nitrogen and oxygen atoms in total. The van der Waals surface area contributed by atoms with E-state index in [1.165, 1.54) is 0 Å². The Morgan fingerprint density at radius 3 is 3.00 bits per heavy atom. The lowest BCUT2D eigenvalue weighted by Gasteiger charge is -2.01. The SMILES string of the molecule is CNCc1nnc2cccc(C)n12. The lowest BCUT2D eigenvalue weighted by molar-refractivity contribution is 0.742. The lowest BCUT2D eigenvalue weighted by Crippen LogP contribution is -2.09. The highest BCUT2D eigenvalue weighted by Crippen LogP contribution is 2.06. The third-order valence-corrected chi connectivity index (χ3v) is 2.03. The zero-order chi connectivity index (χ0) is 9.26. The molecule has 0 aliphatic heterocycles. The molecule has 0 saturated heterocycles. The highest BCUT2D eigenvalue weighted by molar-refractivity contribution is 5.39. The van der Waals surface area contributed by atoms with Crippen LogP contribution in [-0.2, 0) is 6.54 Å². The van der Waals surface area contributed by atoms with Gasteiger partial charge in [-0.3, -0.25) is 4.40 Å². The van der Waals surface area contributed by atoms with E-state index >= 15 is 0 Å². The summed E-state index contributed by atoms with van der Waals surface area (Å²) in [4.78, 5) is 0. The summed E-state index contributed by atoms with van der Waals surface area (Å²) in [5, 5.41) is 11.2. The second-order valence-corrected chi connectivity index (χ2v) is 3.01. The minimum absolute atomic E-state index is 0.742. The second-order valence-electron chi connectivity index (χ2n) is 3.01. The Hall–Kier alpha value is -1.42. The van der Waals surface area contributed by atoms with Crippen molar-refractivity contribution in [1.29, 1.82) is 0 Å². The summed E-state index contributed by atoms with van der Waals surface area (Å²) in [6.07, 6.45) is 0. The molecule has 0 spiro atoms. The van der Waals surface area contributed by atoms with Crippen LogP contribution in [0.4, 0.5) is 0 Å². The van der Waals surface area contributed by atoms with Crippen LogP contribution in [0.25, 0.3) is 5.65 Å². The van der Waals surface area contributed by atoms with Gasteiger partial charge in [0, 0.05) is 5.69 Å². The average Bonchev–Trinajstić information content (AvgIpc) is 2.51. The van der Waals surface area contributed by atoms with Crippen LogP contribution in [0.5, 0.6) is 0 Å². The Morgan fingerprint density at radius 1 is 1.38 bits per heavy atom. The van der Waals surface area contributed by atoms with Crippen LogP contribution in [0.1, 0.15) is 11.5 Å². The number of hydrogen-bond acceptors (Lipinski definition) is 3. The van der Waals surface area contributed by atoms with E-state index in [2.05, 4.69) is 32.9 Å². The molecule has 0 aromatic carbocycles. The number of fused-ring (bicyclic) bond motifs is 1. The van der Waals surface area contributed by atoms with E-state index < -0.39 is 0 Å². The van der Waals surface area contributed by atoms with Gasteiger partial charge in [0.2, 0.25) is 0 Å². The van der Waals surface area contributed by atoms with Crippen LogP contribution in [0.15, 0.2) is 18.2 Å². The van der Waals surface area contributed by atoms with Crippen molar-refractivity contribution in [3.63, 3.8) is 0 Å². The van der Waals surface area contributed by atoms with Gasteiger partial charge in [-0.1, -0.05) is 6.07 Å². The van der Waals surface area contributed by atoms with Crippen molar-refractivity contribution >= 4 is 5.65 Å². The maximum atomic E-state index is 4.10. The normalized spacial score (nSPS) is 10.9. The summed E-state index contributed by atoms with van der Waals surface area (Å²) in [7, 11) is 1.90. The summed E-state index contributed by atoms with van der Waals surface area (Å²) in [6.45, 7) is 2.79. The van der Waals surface area contributed by atoms with Gasteiger partial charge in [0.05, 0.1) is 6.54 Å². The Balaban J connectivity index is 2.64. The zero-order valence-electron chi connectivity index (χ0n) is 7.78. The lowest BCUT2D eigenvalue weighted by atomic mass is 10.3. The number of rotatable bonds is 2. The number of aryl methyl sites for hydroxylation is 1. The van der Waals surface area contributed by atoms with Crippen LogP contribution < -0.4 is 5.32 Å². The molecule has 68 valence electrons. The molecule has 2 aromatic rings. The summed E-state index contributed by atoms with van der Waals surface area (Å²) in [5.74, 6) is 0.954. The first kappa shape index (κ1) is 8.19. The summed E-state index contributed by atoms with van der Waals surface area (Å²) in [5.41, 5.74) is 2.07. The molecular formula is C9H12N4. The van der Waals surface area contributed by atoms with Crippen LogP contribution in [-0.4, -0.2) is 21.6 Å². The Bertz CT molecular complexity index is 418. The largest absolute Gasteiger partial charge is 0.313 e. The molecule has 0 amide bonds. The van der Waals surface area contributed by atoms with Crippen LogP contribution in [0.3, 0.4) is 0 Å². The van der Waals surface area contributed by atoms with Crippen molar-refractivity contribution in [2.75, 3.05) is 7.05 Å². The molecule has 4 heteroatoms. The van der Waals surface area contributed by atoms with Crippen LogP contribution in [0, 0.1) is 6.92 Å². The molecular weight excluding hydrogens is 164 g/mol. The molecule has 0 saturated carbocycles. The average molecular weight is 176 g/mol. The number of aromatic nitrogens is 3. The smallest absolute Gasteiger partial charge is 0.161 e. The van der Waals surface area contributed by atoms with E-state index in [1.54, 1.807) is 0 Å². The summed E-state index contributed by atoms with van der Waals surface area (Å²) in [6, 6.07) is 6.00. The summed E-state index contributed by atoms with van der Waals surface area (Å²) >= 11 is 0. The molecule has 2 aromatic heterocycles. The number of pyridine rings is 1. The molecule has 0 bridgehead atoms.